The van der Waals surface area contributed by atoms with E-state index in [0.29, 0.717) is 5.88 Å². The Morgan fingerprint density at radius 2 is 2.31 bits per heavy atom. The van der Waals surface area contributed by atoms with E-state index in [-0.39, 0.29) is 5.95 Å². The van der Waals surface area contributed by atoms with E-state index < -0.39 is 0 Å². The first-order valence-electron chi connectivity index (χ1n) is 4.25. The zero-order chi connectivity index (χ0) is 9.26. The second-order valence-corrected chi connectivity index (χ2v) is 2.95. The molecule has 0 saturated carbocycles. The number of nitrogens with two attached hydrogens (primary N) is 1. The van der Waals surface area contributed by atoms with Crippen LogP contribution in [0.5, 0.6) is 5.88 Å². The van der Waals surface area contributed by atoms with Crippen LogP contribution in [-0.2, 0) is 6.42 Å². The van der Waals surface area contributed by atoms with Crippen LogP contribution >= 0.6 is 0 Å². The van der Waals surface area contributed by atoms with Gasteiger partial charge in [-0.3, -0.25) is 0 Å². The van der Waals surface area contributed by atoms with Crippen LogP contribution in [0.4, 0.5) is 11.8 Å². The van der Waals surface area contributed by atoms with Crippen molar-refractivity contribution < 1.29 is 4.74 Å². The number of nitrogens with zero attached hydrogens (tertiary/aromatic N) is 2. The van der Waals surface area contributed by atoms with Gasteiger partial charge in [-0.1, -0.05) is 0 Å². The van der Waals surface area contributed by atoms with Gasteiger partial charge in [-0.05, 0) is 12.8 Å². The molecule has 3 N–H and O–H groups in total. The molecule has 70 valence electrons. The van der Waals surface area contributed by atoms with Crippen molar-refractivity contribution in [2.75, 3.05) is 24.7 Å². The van der Waals surface area contributed by atoms with Crippen LogP contribution in [0, 0.1) is 0 Å². The Hall–Kier alpha value is -1.52. The Balaban J connectivity index is 2.50. The molecule has 1 aromatic rings. The van der Waals surface area contributed by atoms with Gasteiger partial charge in [0, 0.05) is 6.54 Å². The molecule has 0 atom stereocenters. The van der Waals surface area contributed by atoms with Crippen LogP contribution in [0.3, 0.4) is 0 Å². The number of ether oxygens (including phenoxy) is 1. The van der Waals surface area contributed by atoms with Crippen LogP contribution in [0.2, 0.25) is 0 Å². The highest BCUT2D eigenvalue weighted by atomic mass is 16.5. The molecule has 0 spiro atoms. The Bertz CT molecular complexity index is 309. The van der Waals surface area contributed by atoms with E-state index in [2.05, 4.69) is 15.3 Å². The van der Waals surface area contributed by atoms with Gasteiger partial charge in [0.05, 0.1) is 12.7 Å². The van der Waals surface area contributed by atoms with Crippen molar-refractivity contribution >= 4 is 11.8 Å². The Morgan fingerprint density at radius 1 is 1.46 bits per heavy atom. The fourth-order valence-electron chi connectivity index (χ4n) is 1.49. The topological polar surface area (TPSA) is 73.1 Å². The maximum absolute atomic E-state index is 5.52. The first kappa shape index (κ1) is 8.10. The summed E-state index contributed by atoms with van der Waals surface area (Å²) in [6, 6.07) is 0. The van der Waals surface area contributed by atoms with Gasteiger partial charge in [-0.25, -0.2) is 0 Å². The van der Waals surface area contributed by atoms with Crippen LogP contribution < -0.4 is 15.8 Å². The number of hydrogen-bond donors (Lipinski definition) is 2. The highest BCUT2D eigenvalue weighted by Crippen LogP contribution is 2.27. The number of nitrogens with one attached hydrogen (secondary N) is 1. The third-order valence-electron chi connectivity index (χ3n) is 2.08. The normalized spacial score (nSPS) is 14.5. The number of nitrogen functional groups attached to an aromatic ring is 1. The molecule has 13 heavy (non-hydrogen) atoms. The van der Waals surface area contributed by atoms with Crippen molar-refractivity contribution in [1.82, 2.24) is 9.97 Å². The quantitative estimate of drug-likeness (QED) is 0.655. The minimum absolute atomic E-state index is 0.255. The van der Waals surface area contributed by atoms with Gasteiger partial charge in [0.15, 0.2) is 0 Å². The molecule has 1 aliphatic heterocycles. The summed E-state index contributed by atoms with van der Waals surface area (Å²) in [6.45, 7) is 0.937. The summed E-state index contributed by atoms with van der Waals surface area (Å²) in [5.41, 5.74) is 6.55. The number of fused-ring (bicyclic) bond motifs is 1. The fraction of sp³-hybridized carbons (Fsp3) is 0.500. The summed E-state index contributed by atoms with van der Waals surface area (Å²) in [4.78, 5) is 8.11. The number of anilines is 2. The summed E-state index contributed by atoms with van der Waals surface area (Å²) >= 11 is 0. The summed E-state index contributed by atoms with van der Waals surface area (Å²) < 4.78 is 5.12. The molecule has 1 aliphatic rings. The average Bonchev–Trinajstić information content (AvgIpc) is 2.16. The molecule has 1 aromatic heterocycles. The molecule has 0 bridgehead atoms. The smallest absolute Gasteiger partial charge is 0.225 e. The van der Waals surface area contributed by atoms with Gasteiger partial charge >= 0.3 is 0 Å². The average molecular weight is 180 g/mol. The van der Waals surface area contributed by atoms with E-state index in [9.17, 15) is 0 Å². The molecule has 0 radical (unpaired) electrons. The minimum Gasteiger partial charge on any atom is -0.481 e. The van der Waals surface area contributed by atoms with Crippen LogP contribution in [-0.4, -0.2) is 23.6 Å². The van der Waals surface area contributed by atoms with Gasteiger partial charge in [0.25, 0.3) is 0 Å². The Labute approximate surface area is 76.3 Å². The first-order chi connectivity index (χ1) is 6.31. The first-order valence-corrected chi connectivity index (χ1v) is 4.25. The van der Waals surface area contributed by atoms with E-state index in [1.165, 1.54) is 0 Å². The minimum atomic E-state index is 0.255. The fourth-order valence-corrected chi connectivity index (χ4v) is 1.49. The lowest BCUT2D eigenvalue weighted by Crippen LogP contribution is -2.16. The molecular weight excluding hydrogens is 168 g/mol. The van der Waals surface area contributed by atoms with E-state index in [1.54, 1.807) is 7.11 Å². The zero-order valence-corrected chi connectivity index (χ0v) is 7.50. The Morgan fingerprint density at radius 3 is 3.08 bits per heavy atom. The SMILES string of the molecule is COc1nc(N)nc2c1CCCN2. The largest absolute Gasteiger partial charge is 0.481 e. The predicted octanol–water partition coefficient (Wildman–Crippen LogP) is 0.425. The van der Waals surface area contributed by atoms with Crippen molar-refractivity contribution in [3.05, 3.63) is 5.56 Å². The summed E-state index contributed by atoms with van der Waals surface area (Å²) in [7, 11) is 1.59. The van der Waals surface area contributed by atoms with Crippen molar-refractivity contribution in [3.8, 4) is 5.88 Å². The van der Waals surface area contributed by atoms with Crippen LogP contribution in [0.25, 0.3) is 0 Å². The Kier molecular flexibility index (Phi) is 1.92. The number of methoxy groups -OCH3 is 1. The van der Waals surface area contributed by atoms with Gasteiger partial charge < -0.3 is 15.8 Å². The number of rotatable bonds is 1. The molecule has 5 nitrogen and oxygen atoms in total. The standard InChI is InChI=1S/C8H12N4O/c1-13-7-5-3-2-4-10-6(5)11-8(9)12-7/h2-4H2,1H3,(H3,9,10,11,12). The second kappa shape index (κ2) is 3.08. The maximum atomic E-state index is 5.52. The van der Waals surface area contributed by atoms with E-state index in [0.717, 1.165) is 30.8 Å². The van der Waals surface area contributed by atoms with Crippen LogP contribution in [0.15, 0.2) is 0 Å². The molecule has 0 amide bonds. The van der Waals surface area contributed by atoms with E-state index in [4.69, 9.17) is 10.5 Å². The van der Waals surface area contributed by atoms with E-state index >= 15 is 0 Å². The van der Waals surface area contributed by atoms with Crippen molar-refractivity contribution in [2.24, 2.45) is 0 Å². The van der Waals surface area contributed by atoms with E-state index in [1.807, 2.05) is 0 Å². The molecule has 0 fully saturated rings. The maximum Gasteiger partial charge on any atom is 0.225 e. The van der Waals surface area contributed by atoms with Gasteiger partial charge in [0.1, 0.15) is 5.82 Å². The molecule has 2 rings (SSSR count). The van der Waals surface area contributed by atoms with Gasteiger partial charge in [-0.15, -0.1) is 0 Å². The number of aromatic nitrogens is 2. The van der Waals surface area contributed by atoms with Crippen molar-refractivity contribution in [2.45, 2.75) is 12.8 Å². The lowest BCUT2D eigenvalue weighted by Gasteiger charge is -2.18. The molecule has 2 heterocycles. The molecule has 5 heteroatoms. The predicted molar refractivity (Wildman–Crippen MR) is 49.8 cm³/mol. The second-order valence-electron chi connectivity index (χ2n) is 2.95. The van der Waals surface area contributed by atoms with Gasteiger partial charge in [0.2, 0.25) is 11.8 Å². The summed E-state index contributed by atoms with van der Waals surface area (Å²) in [6.07, 6.45) is 2.03. The molecule has 0 aromatic carbocycles. The van der Waals surface area contributed by atoms with Crippen molar-refractivity contribution in [1.29, 1.82) is 0 Å². The third kappa shape index (κ3) is 1.37. The van der Waals surface area contributed by atoms with Crippen molar-refractivity contribution in [3.63, 3.8) is 0 Å². The zero-order valence-electron chi connectivity index (χ0n) is 7.50. The molecule has 0 aliphatic carbocycles. The van der Waals surface area contributed by atoms with Gasteiger partial charge in [-0.2, -0.15) is 9.97 Å². The summed E-state index contributed by atoms with van der Waals surface area (Å²) in [5, 5.41) is 3.17. The molecule has 0 saturated heterocycles. The lowest BCUT2D eigenvalue weighted by atomic mass is 10.1. The van der Waals surface area contributed by atoms with Crippen LogP contribution in [0.1, 0.15) is 12.0 Å². The number of hydrogen-bond acceptors (Lipinski definition) is 5. The summed E-state index contributed by atoms with van der Waals surface area (Å²) in [5.74, 6) is 1.66. The highest BCUT2D eigenvalue weighted by Gasteiger charge is 2.16. The molecular formula is C8H12N4O. The molecule has 0 unspecified atom stereocenters. The third-order valence-corrected chi connectivity index (χ3v) is 2.08. The highest BCUT2D eigenvalue weighted by molar-refractivity contribution is 5.53. The monoisotopic (exact) mass is 180 g/mol. The lowest BCUT2D eigenvalue weighted by molar-refractivity contribution is 0.391.